The number of halogens is 2. The van der Waals surface area contributed by atoms with Gasteiger partial charge in [0, 0.05) is 18.8 Å². The lowest BCUT2D eigenvalue weighted by atomic mass is 10.2. The molecule has 0 aliphatic rings. The first-order valence-corrected chi connectivity index (χ1v) is 10.9. The number of benzene rings is 2. The Hall–Kier alpha value is -2.81. The van der Waals surface area contributed by atoms with Crippen molar-refractivity contribution in [1.29, 1.82) is 0 Å². The summed E-state index contributed by atoms with van der Waals surface area (Å²) in [5.74, 6) is -0.268. The van der Waals surface area contributed by atoms with E-state index in [2.05, 4.69) is 10.0 Å². The molecule has 1 heterocycles. The zero-order valence-corrected chi connectivity index (χ0v) is 18.1. The topological polar surface area (TPSA) is 97.3 Å². The van der Waals surface area contributed by atoms with Crippen LogP contribution in [0.4, 0.5) is 11.4 Å². The zero-order chi connectivity index (χ0) is 21.9. The van der Waals surface area contributed by atoms with E-state index < -0.39 is 15.6 Å². The second-order valence-corrected chi connectivity index (χ2v) is 8.91. The van der Waals surface area contributed by atoms with Crippen molar-refractivity contribution in [3.05, 3.63) is 86.8 Å². The molecular formula is C20H17Cl2N3O4S. The normalized spacial score (nSPS) is 11.2. The Morgan fingerprint density at radius 3 is 2.37 bits per heavy atom. The molecule has 3 rings (SSSR count). The van der Waals surface area contributed by atoms with Gasteiger partial charge in [0.1, 0.15) is 5.69 Å². The van der Waals surface area contributed by atoms with Crippen molar-refractivity contribution in [3.8, 4) is 0 Å². The summed E-state index contributed by atoms with van der Waals surface area (Å²) in [5, 5.41) is 3.32. The van der Waals surface area contributed by atoms with E-state index in [0.717, 1.165) is 5.56 Å². The van der Waals surface area contributed by atoms with Crippen molar-refractivity contribution >= 4 is 50.5 Å². The summed E-state index contributed by atoms with van der Waals surface area (Å²) < 4.78 is 29.0. The molecule has 3 aromatic rings. The number of hydrogen-bond acceptors (Lipinski definition) is 4. The average Bonchev–Trinajstić information content (AvgIpc) is 2.68. The first kappa shape index (κ1) is 21.9. The second-order valence-electron chi connectivity index (χ2n) is 6.41. The van der Waals surface area contributed by atoms with Crippen LogP contribution in [0.2, 0.25) is 10.0 Å². The minimum absolute atomic E-state index is 0.0455. The van der Waals surface area contributed by atoms with Crippen molar-refractivity contribution in [2.75, 3.05) is 10.0 Å². The van der Waals surface area contributed by atoms with Crippen LogP contribution >= 0.6 is 23.2 Å². The average molecular weight is 466 g/mol. The van der Waals surface area contributed by atoms with Gasteiger partial charge in [-0.05, 0) is 54.1 Å². The number of nitrogens with zero attached hydrogens (tertiary/aromatic N) is 1. The number of hydrogen-bond donors (Lipinski definition) is 2. The van der Waals surface area contributed by atoms with E-state index in [1.54, 1.807) is 30.5 Å². The monoisotopic (exact) mass is 465 g/mol. The van der Waals surface area contributed by atoms with Gasteiger partial charge in [-0.1, -0.05) is 29.3 Å². The van der Waals surface area contributed by atoms with Crippen LogP contribution in [0.15, 0.2) is 70.5 Å². The predicted octanol–water partition coefficient (Wildman–Crippen LogP) is 3.96. The number of carbonyl (C=O) groups excluding carboxylic acids is 1. The van der Waals surface area contributed by atoms with E-state index in [0.29, 0.717) is 15.7 Å². The molecule has 1 amide bonds. The van der Waals surface area contributed by atoms with Gasteiger partial charge in [0.05, 0.1) is 21.5 Å². The van der Waals surface area contributed by atoms with E-state index >= 15 is 0 Å². The lowest BCUT2D eigenvalue weighted by Gasteiger charge is -2.11. The first-order chi connectivity index (χ1) is 14.2. The molecule has 2 aromatic carbocycles. The minimum Gasteiger partial charge on any atom is -0.326 e. The lowest BCUT2D eigenvalue weighted by molar-refractivity contribution is -0.114. The van der Waals surface area contributed by atoms with Gasteiger partial charge in [0.2, 0.25) is 5.91 Å². The van der Waals surface area contributed by atoms with Gasteiger partial charge in [-0.2, -0.15) is 0 Å². The van der Waals surface area contributed by atoms with E-state index in [1.165, 1.54) is 41.8 Å². The van der Waals surface area contributed by atoms with Gasteiger partial charge in [-0.25, -0.2) is 8.42 Å². The van der Waals surface area contributed by atoms with E-state index in [-0.39, 0.29) is 23.0 Å². The molecule has 10 heteroatoms. The van der Waals surface area contributed by atoms with Crippen molar-refractivity contribution in [2.24, 2.45) is 0 Å². The fourth-order valence-corrected chi connectivity index (χ4v) is 4.08. The third-order valence-electron chi connectivity index (χ3n) is 4.09. The molecule has 0 saturated heterocycles. The molecule has 0 radical (unpaired) electrons. The maximum absolute atomic E-state index is 12.7. The third-order valence-corrected chi connectivity index (χ3v) is 6.21. The van der Waals surface area contributed by atoms with Crippen LogP contribution in [-0.2, 0) is 21.4 Å². The molecule has 0 unspecified atom stereocenters. The molecule has 0 aliphatic heterocycles. The number of pyridine rings is 1. The number of nitrogens with one attached hydrogen (secondary N) is 2. The molecule has 30 heavy (non-hydrogen) atoms. The van der Waals surface area contributed by atoms with Crippen LogP contribution in [0.3, 0.4) is 0 Å². The Morgan fingerprint density at radius 1 is 1.03 bits per heavy atom. The SMILES string of the molecule is CC(=O)Nc1ccc(S(=O)(=O)Nc2cccn(Cc3ccc(Cl)c(Cl)c3)c2=O)cc1. The summed E-state index contributed by atoms with van der Waals surface area (Å²) in [5.41, 5.74) is 0.593. The fourth-order valence-electron chi connectivity index (χ4n) is 2.70. The molecule has 0 saturated carbocycles. The highest BCUT2D eigenvalue weighted by Crippen LogP contribution is 2.23. The third kappa shape index (κ3) is 5.21. The highest BCUT2D eigenvalue weighted by Gasteiger charge is 2.17. The molecule has 2 N–H and O–H groups in total. The van der Waals surface area contributed by atoms with Crippen molar-refractivity contribution in [1.82, 2.24) is 4.57 Å². The van der Waals surface area contributed by atoms with E-state index in [4.69, 9.17) is 23.2 Å². The van der Waals surface area contributed by atoms with Crippen molar-refractivity contribution < 1.29 is 13.2 Å². The Bertz CT molecular complexity index is 1260. The Labute approximate surface area is 183 Å². The highest BCUT2D eigenvalue weighted by molar-refractivity contribution is 7.92. The maximum atomic E-state index is 12.7. The summed E-state index contributed by atoms with van der Waals surface area (Å²) in [6.45, 7) is 1.54. The Balaban J connectivity index is 1.84. The number of sulfonamides is 1. The minimum atomic E-state index is -4.00. The van der Waals surface area contributed by atoms with Gasteiger partial charge in [-0.15, -0.1) is 0 Å². The van der Waals surface area contributed by atoms with Crippen LogP contribution in [0.1, 0.15) is 12.5 Å². The number of anilines is 2. The van der Waals surface area contributed by atoms with Crippen LogP contribution in [0, 0.1) is 0 Å². The maximum Gasteiger partial charge on any atom is 0.275 e. The predicted molar refractivity (Wildman–Crippen MR) is 118 cm³/mol. The number of aromatic nitrogens is 1. The van der Waals surface area contributed by atoms with Crippen LogP contribution in [0.25, 0.3) is 0 Å². The summed E-state index contributed by atoms with van der Waals surface area (Å²) in [7, 11) is -4.00. The van der Waals surface area contributed by atoms with Gasteiger partial charge in [0.15, 0.2) is 0 Å². The van der Waals surface area contributed by atoms with Gasteiger partial charge in [0.25, 0.3) is 15.6 Å². The second kappa shape index (κ2) is 8.91. The Kier molecular flexibility index (Phi) is 6.50. The van der Waals surface area contributed by atoms with Crippen molar-refractivity contribution in [3.63, 3.8) is 0 Å². The fraction of sp³-hybridized carbons (Fsp3) is 0.100. The van der Waals surface area contributed by atoms with E-state index in [9.17, 15) is 18.0 Å². The molecule has 156 valence electrons. The molecule has 0 fully saturated rings. The highest BCUT2D eigenvalue weighted by atomic mass is 35.5. The van der Waals surface area contributed by atoms with Crippen LogP contribution in [0.5, 0.6) is 0 Å². The summed E-state index contributed by atoms with van der Waals surface area (Å²) >= 11 is 11.9. The van der Waals surface area contributed by atoms with E-state index in [1.807, 2.05) is 0 Å². The smallest absolute Gasteiger partial charge is 0.275 e. The Morgan fingerprint density at radius 2 is 1.73 bits per heavy atom. The molecule has 0 atom stereocenters. The first-order valence-electron chi connectivity index (χ1n) is 8.69. The number of carbonyl (C=O) groups is 1. The summed E-state index contributed by atoms with van der Waals surface area (Å²) in [6, 6.07) is 13.6. The quantitative estimate of drug-likeness (QED) is 0.575. The molecule has 0 bridgehead atoms. The van der Waals surface area contributed by atoms with Crippen LogP contribution < -0.4 is 15.6 Å². The van der Waals surface area contributed by atoms with Gasteiger partial charge < -0.3 is 9.88 Å². The van der Waals surface area contributed by atoms with Gasteiger partial charge >= 0.3 is 0 Å². The van der Waals surface area contributed by atoms with Crippen LogP contribution in [-0.4, -0.2) is 18.9 Å². The summed E-state index contributed by atoms with van der Waals surface area (Å²) in [4.78, 5) is 23.8. The number of amides is 1. The molecule has 0 spiro atoms. The van der Waals surface area contributed by atoms with Crippen molar-refractivity contribution in [2.45, 2.75) is 18.4 Å². The van der Waals surface area contributed by atoms with Gasteiger partial charge in [-0.3, -0.25) is 14.3 Å². The molecule has 7 nitrogen and oxygen atoms in total. The lowest BCUT2D eigenvalue weighted by Crippen LogP contribution is -2.26. The standard InChI is InChI=1S/C20H17Cl2N3O4S/c1-13(26)23-15-5-7-16(8-6-15)30(28,29)24-19-3-2-10-25(20(19)27)12-14-4-9-17(21)18(22)11-14/h2-11,24H,12H2,1H3,(H,23,26). The largest absolute Gasteiger partial charge is 0.326 e. The summed E-state index contributed by atoms with van der Waals surface area (Å²) in [6.07, 6.45) is 1.55. The molecular weight excluding hydrogens is 449 g/mol. The zero-order valence-electron chi connectivity index (χ0n) is 15.7. The molecule has 1 aromatic heterocycles. The molecule has 0 aliphatic carbocycles. The number of rotatable bonds is 6.